The second kappa shape index (κ2) is 8.69. The van der Waals surface area contributed by atoms with E-state index in [9.17, 15) is 14.4 Å². The summed E-state index contributed by atoms with van der Waals surface area (Å²) in [5.41, 5.74) is 1.51. The van der Waals surface area contributed by atoms with E-state index in [0.717, 1.165) is 24.0 Å². The fraction of sp³-hybridized carbons (Fsp3) is 0.455. The Hall–Kier alpha value is -3.16. The van der Waals surface area contributed by atoms with Gasteiger partial charge in [-0.2, -0.15) is 5.10 Å². The minimum absolute atomic E-state index is 0.173. The highest BCUT2D eigenvalue weighted by molar-refractivity contribution is 6.01. The Bertz CT molecular complexity index is 950. The first kappa shape index (κ1) is 21.5. The summed E-state index contributed by atoms with van der Waals surface area (Å²) in [6.07, 6.45) is 1.85. The predicted molar refractivity (Wildman–Crippen MR) is 113 cm³/mol. The maximum absolute atomic E-state index is 13.0. The summed E-state index contributed by atoms with van der Waals surface area (Å²) in [7, 11) is 1.60. The third-order valence-corrected chi connectivity index (χ3v) is 5.61. The number of fused-ring (bicyclic) bond motifs is 1. The zero-order valence-electron chi connectivity index (χ0n) is 18.0. The van der Waals surface area contributed by atoms with Gasteiger partial charge in [-0.05, 0) is 25.8 Å². The van der Waals surface area contributed by atoms with Crippen LogP contribution in [0.15, 0.2) is 30.3 Å². The van der Waals surface area contributed by atoms with Crippen LogP contribution < -0.4 is 10.6 Å². The minimum atomic E-state index is -1.11. The molecule has 0 aliphatic carbocycles. The van der Waals surface area contributed by atoms with Gasteiger partial charge in [-0.3, -0.25) is 19.1 Å². The predicted octanol–water partition coefficient (Wildman–Crippen LogP) is 1.88. The smallest absolute Gasteiger partial charge is 0.272 e. The highest BCUT2D eigenvalue weighted by Gasteiger charge is 2.46. The third-order valence-electron chi connectivity index (χ3n) is 5.61. The van der Waals surface area contributed by atoms with E-state index < -0.39 is 5.54 Å². The van der Waals surface area contributed by atoms with E-state index in [4.69, 9.17) is 0 Å². The topological polar surface area (TPSA) is 96.3 Å². The largest absolute Gasteiger partial charge is 0.351 e. The molecule has 0 spiro atoms. The first-order valence-corrected chi connectivity index (χ1v) is 10.2. The lowest BCUT2D eigenvalue weighted by Gasteiger charge is -2.40. The molecule has 1 aromatic heterocycles. The van der Waals surface area contributed by atoms with Crippen molar-refractivity contribution >= 4 is 17.7 Å². The average Bonchev–Trinajstić information content (AvgIpc) is 3.15. The summed E-state index contributed by atoms with van der Waals surface area (Å²) in [5, 5.41) is 10.0. The summed E-state index contributed by atoms with van der Waals surface area (Å²) in [6, 6.07) is 9.39. The number of rotatable bonds is 7. The summed E-state index contributed by atoms with van der Waals surface area (Å²) in [5.74, 6) is -0.922. The van der Waals surface area contributed by atoms with Gasteiger partial charge in [0.1, 0.15) is 11.2 Å². The van der Waals surface area contributed by atoms with Gasteiger partial charge in [0.25, 0.3) is 11.8 Å². The van der Waals surface area contributed by atoms with Crippen LogP contribution in [0.4, 0.5) is 0 Å². The van der Waals surface area contributed by atoms with Gasteiger partial charge in [0, 0.05) is 26.2 Å². The van der Waals surface area contributed by atoms with Gasteiger partial charge in [-0.25, -0.2) is 0 Å². The monoisotopic (exact) mass is 411 g/mol. The zero-order chi connectivity index (χ0) is 21.9. The average molecular weight is 412 g/mol. The van der Waals surface area contributed by atoms with Gasteiger partial charge >= 0.3 is 0 Å². The molecule has 1 unspecified atom stereocenters. The number of aromatic nitrogens is 2. The quantitative estimate of drug-likeness (QED) is 0.680. The van der Waals surface area contributed by atoms with Crippen LogP contribution in [0.25, 0.3) is 0 Å². The van der Waals surface area contributed by atoms with Gasteiger partial charge in [-0.15, -0.1) is 0 Å². The van der Waals surface area contributed by atoms with Gasteiger partial charge < -0.3 is 15.5 Å². The summed E-state index contributed by atoms with van der Waals surface area (Å²) in [6.45, 7) is 6.86. The molecule has 8 heteroatoms. The Morgan fingerprint density at radius 3 is 2.57 bits per heavy atom. The second-order valence-electron chi connectivity index (χ2n) is 7.99. The van der Waals surface area contributed by atoms with Crippen molar-refractivity contribution in [2.45, 2.75) is 52.2 Å². The molecule has 1 aliphatic rings. The highest BCUT2D eigenvalue weighted by Crippen LogP contribution is 2.26. The van der Waals surface area contributed by atoms with Crippen LogP contribution in [0.3, 0.4) is 0 Å². The molecule has 0 saturated carbocycles. The fourth-order valence-corrected chi connectivity index (χ4v) is 3.39. The molecule has 3 rings (SSSR count). The fourth-order valence-electron chi connectivity index (χ4n) is 3.39. The molecule has 0 radical (unpaired) electrons. The number of nitrogens with zero attached hydrogens (tertiary/aromatic N) is 3. The lowest BCUT2D eigenvalue weighted by Crippen LogP contribution is -2.62. The molecule has 2 N–H and O–H groups in total. The molecule has 1 aromatic carbocycles. The first-order chi connectivity index (χ1) is 14.3. The molecule has 30 heavy (non-hydrogen) atoms. The number of benzene rings is 1. The van der Waals surface area contributed by atoms with E-state index >= 15 is 0 Å². The Labute approximate surface area is 176 Å². The van der Waals surface area contributed by atoms with Crippen LogP contribution in [0.5, 0.6) is 0 Å². The van der Waals surface area contributed by atoms with E-state index in [0.29, 0.717) is 18.8 Å². The second-order valence-corrected chi connectivity index (χ2v) is 7.99. The van der Waals surface area contributed by atoms with Crippen molar-refractivity contribution in [2.24, 2.45) is 0 Å². The normalized spacial score (nSPS) is 18.1. The van der Waals surface area contributed by atoms with Crippen LogP contribution in [-0.4, -0.2) is 51.5 Å². The van der Waals surface area contributed by atoms with E-state index in [1.165, 1.54) is 15.6 Å². The zero-order valence-corrected chi connectivity index (χ0v) is 18.0. The minimum Gasteiger partial charge on any atom is -0.351 e. The summed E-state index contributed by atoms with van der Waals surface area (Å²) < 4.78 is 1.46. The van der Waals surface area contributed by atoms with Crippen LogP contribution in [0, 0.1) is 6.92 Å². The van der Waals surface area contributed by atoms with Gasteiger partial charge in [0.2, 0.25) is 5.91 Å². The molecule has 2 heterocycles. The Balaban J connectivity index is 1.74. The number of likely N-dealkylation sites (N-methyl/N-ethyl adjacent to an activating group) is 1. The molecule has 3 amide bonds. The number of nitrogens with one attached hydrogen (secondary N) is 2. The number of amides is 3. The van der Waals surface area contributed by atoms with Gasteiger partial charge in [-0.1, -0.05) is 43.2 Å². The highest BCUT2D eigenvalue weighted by atomic mass is 16.2. The Morgan fingerprint density at radius 1 is 1.20 bits per heavy atom. The number of carbonyl (C=O) groups is 3. The maximum Gasteiger partial charge on any atom is 0.272 e. The number of aryl methyl sites for hydroxylation is 1. The molecule has 8 nitrogen and oxygen atoms in total. The molecule has 160 valence electrons. The molecular weight excluding hydrogens is 382 g/mol. The number of carbonyl (C=O) groups excluding carboxylic acids is 3. The van der Waals surface area contributed by atoms with Gasteiger partial charge in [0.05, 0.1) is 6.54 Å². The van der Waals surface area contributed by atoms with Crippen molar-refractivity contribution in [3.63, 3.8) is 0 Å². The number of unbranched alkanes of at least 4 members (excludes halogenated alkanes) is 1. The van der Waals surface area contributed by atoms with Crippen molar-refractivity contribution in [1.29, 1.82) is 0 Å². The maximum atomic E-state index is 13.0. The van der Waals surface area contributed by atoms with E-state index in [1.807, 2.05) is 38.1 Å². The molecule has 0 saturated heterocycles. The lowest BCUT2D eigenvalue weighted by atomic mass is 9.95. The third kappa shape index (κ3) is 4.22. The van der Waals surface area contributed by atoms with Crippen molar-refractivity contribution in [2.75, 3.05) is 13.6 Å². The Kier molecular flexibility index (Phi) is 6.24. The SMILES string of the molecule is CCCCNC(=O)c1cc2n(n1)CC(C)(C(=O)NCc1ccc(C)cc1)N(C)C2=O. The summed E-state index contributed by atoms with van der Waals surface area (Å²) in [4.78, 5) is 39.7. The van der Waals surface area contributed by atoms with Gasteiger partial charge in [0.15, 0.2) is 5.69 Å². The Morgan fingerprint density at radius 2 is 1.90 bits per heavy atom. The van der Waals surface area contributed by atoms with Crippen molar-refractivity contribution in [3.05, 3.63) is 52.8 Å². The molecule has 1 aliphatic heterocycles. The lowest BCUT2D eigenvalue weighted by molar-refractivity contribution is -0.132. The van der Waals surface area contributed by atoms with Crippen molar-refractivity contribution < 1.29 is 14.4 Å². The summed E-state index contributed by atoms with van der Waals surface area (Å²) >= 11 is 0. The van der Waals surface area contributed by atoms with E-state index in [1.54, 1.807) is 14.0 Å². The number of hydrogen-bond acceptors (Lipinski definition) is 4. The standard InChI is InChI=1S/C22H29N5O3/c1-5-6-11-23-19(28)17-12-18-20(29)26(4)22(3,14-27(18)25-17)21(30)24-13-16-9-7-15(2)8-10-16/h7-10,12H,5-6,11,13-14H2,1-4H3,(H,23,28)(H,24,30). The molecule has 2 aromatic rings. The number of hydrogen-bond donors (Lipinski definition) is 2. The van der Waals surface area contributed by atoms with Crippen LogP contribution in [0.1, 0.15) is 58.8 Å². The molecular formula is C22H29N5O3. The van der Waals surface area contributed by atoms with Crippen LogP contribution in [-0.2, 0) is 17.9 Å². The van der Waals surface area contributed by atoms with E-state index in [2.05, 4.69) is 15.7 Å². The van der Waals surface area contributed by atoms with Crippen molar-refractivity contribution in [3.8, 4) is 0 Å². The molecule has 0 bridgehead atoms. The van der Waals surface area contributed by atoms with Crippen molar-refractivity contribution in [1.82, 2.24) is 25.3 Å². The molecule has 1 atom stereocenters. The van der Waals surface area contributed by atoms with E-state index in [-0.39, 0.29) is 30.0 Å². The van der Waals surface area contributed by atoms with Crippen LogP contribution in [0.2, 0.25) is 0 Å². The first-order valence-electron chi connectivity index (χ1n) is 10.2. The molecule has 0 fully saturated rings. The van der Waals surface area contributed by atoms with Crippen LogP contribution >= 0.6 is 0 Å².